The van der Waals surface area contributed by atoms with Crippen LogP contribution in [0.1, 0.15) is 53.0 Å². The van der Waals surface area contributed by atoms with Gasteiger partial charge in [-0.25, -0.2) is 9.97 Å². The van der Waals surface area contributed by atoms with Crippen molar-refractivity contribution in [1.82, 2.24) is 25.1 Å². The van der Waals surface area contributed by atoms with Crippen molar-refractivity contribution in [2.75, 3.05) is 29.5 Å². The normalized spacial score (nSPS) is 11.5. The van der Waals surface area contributed by atoms with E-state index < -0.39 is 17.6 Å². The van der Waals surface area contributed by atoms with E-state index in [4.69, 9.17) is 0 Å². The van der Waals surface area contributed by atoms with Crippen LogP contribution in [-0.2, 0) is 12.6 Å². The van der Waals surface area contributed by atoms with Crippen molar-refractivity contribution in [3.8, 4) is 5.82 Å². The number of aryl methyl sites for hydroxylation is 3. The number of aromatic nitrogens is 4. The molecule has 2 aromatic heterocycles. The van der Waals surface area contributed by atoms with Crippen molar-refractivity contribution in [3.05, 3.63) is 82.8 Å². The molecule has 0 aliphatic rings. The summed E-state index contributed by atoms with van der Waals surface area (Å²) in [5.74, 6) is 1.19. The molecule has 0 bridgehead atoms. The van der Waals surface area contributed by atoms with Crippen LogP contribution in [0, 0.1) is 13.8 Å². The zero-order valence-electron chi connectivity index (χ0n) is 24.2. The predicted molar refractivity (Wildman–Crippen MR) is 159 cm³/mol. The molecule has 0 saturated heterocycles. The van der Waals surface area contributed by atoms with Crippen molar-refractivity contribution in [3.63, 3.8) is 0 Å². The Balaban J connectivity index is 1.56. The van der Waals surface area contributed by atoms with E-state index in [9.17, 15) is 18.0 Å². The maximum atomic E-state index is 13.7. The Morgan fingerprint density at radius 2 is 1.81 bits per heavy atom. The van der Waals surface area contributed by atoms with E-state index in [1.54, 1.807) is 29.9 Å². The van der Waals surface area contributed by atoms with Crippen LogP contribution in [0.5, 0.6) is 0 Å². The summed E-state index contributed by atoms with van der Waals surface area (Å²) < 4.78 is 42.6. The number of hydrogen-bond acceptors (Lipinski definition) is 7. The lowest BCUT2D eigenvalue weighted by atomic mass is 10.0. The fourth-order valence-electron chi connectivity index (χ4n) is 4.35. The second-order valence-electron chi connectivity index (χ2n) is 10.3. The standard InChI is InChI=1S/C30H35F3N8O/c1-18(2)35-10-6-7-21-12-22(14-23(13-21)30(31,32)33)29(42)38-24-9-8-19(3)25(15-24)39-28-11-20(4)40-41(28)27-16-26(34-5)36-17-37-27/h8-9,11-18,35,39H,6-7,10H2,1-5H3,(H,38,42)(H,34,36,37). The number of anilines is 4. The summed E-state index contributed by atoms with van der Waals surface area (Å²) in [7, 11) is 1.76. The molecule has 12 heteroatoms. The minimum Gasteiger partial charge on any atom is -0.373 e. The van der Waals surface area contributed by atoms with Gasteiger partial charge in [0.2, 0.25) is 0 Å². The van der Waals surface area contributed by atoms with Crippen molar-refractivity contribution >= 4 is 28.9 Å². The van der Waals surface area contributed by atoms with Crippen molar-refractivity contribution in [1.29, 1.82) is 0 Å². The summed E-state index contributed by atoms with van der Waals surface area (Å²) in [5, 5.41) is 16.9. The first kappa shape index (κ1) is 30.5. The summed E-state index contributed by atoms with van der Waals surface area (Å²) in [5.41, 5.74) is 2.31. The third kappa shape index (κ3) is 7.84. The first-order valence-corrected chi connectivity index (χ1v) is 13.6. The molecule has 4 N–H and O–H groups in total. The number of alkyl halides is 3. The number of amides is 1. The van der Waals surface area contributed by atoms with E-state index in [0.717, 1.165) is 23.4 Å². The monoisotopic (exact) mass is 580 g/mol. The van der Waals surface area contributed by atoms with Gasteiger partial charge >= 0.3 is 6.18 Å². The zero-order valence-corrected chi connectivity index (χ0v) is 24.2. The Morgan fingerprint density at radius 3 is 2.52 bits per heavy atom. The van der Waals surface area contributed by atoms with Gasteiger partial charge in [0.05, 0.1) is 11.3 Å². The maximum absolute atomic E-state index is 13.7. The van der Waals surface area contributed by atoms with Crippen LogP contribution in [0.3, 0.4) is 0 Å². The number of rotatable bonds is 11. The zero-order chi connectivity index (χ0) is 30.4. The largest absolute Gasteiger partial charge is 0.416 e. The van der Waals surface area contributed by atoms with Gasteiger partial charge in [-0.05, 0) is 74.7 Å². The van der Waals surface area contributed by atoms with Crippen LogP contribution in [0.25, 0.3) is 5.82 Å². The van der Waals surface area contributed by atoms with E-state index >= 15 is 0 Å². The molecule has 9 nitrogen and oxygen atoms in total. The molecule has 0 atom stereocenters. The lowest BCUT2D eigenvalue weighted by Crippen LogP contribution is -2.24. The molecule has 4 rings (SSSR count). The minimum atomic E-state index is -4.57. The summed E-state index contributed by atoms with van der Waals surface area (Å²) >= 11 is 0. The van der Waals surface area contributed by atoms with Crippen LogP contribution in [0.4, 0.5) is 36.2 Å². The molecule has 0 saturated carbocycles. The van der Waals surface area contributed by atoms with Crippen LogP contribution in [-0.4, -0.2) is 45.3 Å². The fourth-order valence-corrected chi connectivity index (χ4v) is 4.35. The van der Waals surface area contributed by atoms with Gasteiger partial charge in [0.15, 0.2) is 5.82 Å². The molecule has 2 heterocycles. The third-order valence-corrected chi connectivity index (χ3v) is 6.49. The molecule has 0 spiro atoms. The van der Waals surface area contributed by atoms with Crippen LogP contribution in [0.15, 0.2) is 54.9 Å². The van der Waals surface area contributed by atoms with Crippen LogP contribution < -0.4 is 21.3 Å². The number of carbonyl (C=O) groups excluding carboxylic acids is 1. The Hall–Kier alpha value is -4.45. The first-order valence-electron chi connectivity index (χ1n) is 13.6. The topological polar surface area (TPSA) is 109 Å². The molecule has 0 radical (unpaired) electrons. The van der Waals surface area contributed by atoms with E-state index in [0.29, 0.717) is 53.8 Å². The average Bonchev–Trinajstić information content (AvgIpc) is 3.32. The van der Waals surface area contributed by atoms with E-state index in [-0.39, 0.29) is 11.6 Å². The average molecular weight is 581 g/mol. The summed E-state index contributed by atoms with van der Waals surface area (Å²) in [6.07, 6.45) is -2.07. The number of nitrogens with zero attached hydrogens (tertiary/aromatic N) is 4. The number of nitrogens with one attached hydrogen (secondary N) is 4. The Morgan fingerprint density at radius 1 is 1.02 bits per heavy atom. The van der Waals surface area contributed by atoms with E-state index in [2.05, 4.69) is 36.3 Å². The third-order valence-electron chi connectivity index (χ3n) is 6.49. The number of hydrogen-bond donors (Lipinski definition) is 4. The van der Waals surface area contributed by atoms with Crippen molar-refractivity contribution in [2.45, 2.75) is 52.8 Å². The summed E-state index contributed by atoms with van der Waals surface area (Å²) in [4.78, 5) is 21.6. The molecular weight excluding hydrogens is 545 g/mol. The van der Waals surface area contributed by atoms with Gasteiger partial charge < -0.3 is 21.3 Å². The van der Waals surface area contributed by atoms with Crippen molar-refractivity contribution in [2.24, 2.45) is 0 Å². The second-order valence-corrected chi connectivity index (χ2v) is 10.3. The Kier molecular flexibility index (Phi) is 9.46. The SMILES string of the molecule is CNc1cc(-n2nc(C)cc2Nc2cc(NC(=O)c3cc(CCCNC(C)C)cc(C(F)(F)F)c3)ccc2C)ncn1. The van der Waals surface area contributed by atoms with Crippen LogP contribution in [0.2, 0.25) is 0 Å². The molecule has 0 fully saturated rings. The van der Waals surface area contributed by atoms with Gasteiger partial charge in [-0.3, -0.25) is 4.79 Å². The maximum Gasteiger partial charge on any atom is 0.416 e. The first-order chi connectivity index (χ1) is 19.9. The second kappa shape index (κ2) is 13.0. The highest BCUT2D eigenvalue weighted by atomic mass is 19.4. The molecule has 42 heavy (non-hydrogen) atoms. The Labute approximate surface area is 243 Å². The molecule has 222 valence electrons. The van der Waals surface area contributed by atoms with Gasteiger partial charge in [0.1, 0.15) is 18.0 Å². The molecule has 0 aliphatic carbocycles. The van der Waals surface area contributed by atoms with Crippen molar-refractivity contribution < 1.29 is 18.0 Å². The molecule has 0 unspecified atom stereocenters. The highest BCUT2D eigenvalue weighted by Gasteiger charge is 2.31. The lowest BCUT2D eigenvalue weighted by molar-refractivity contribution is -0.137. The minimum absolute atomic E-state index is 0.0514. The smallest absolute Gasteiger partial charge is 0.373 e. The molecule has 0 aliphatic heterocycles. The molecular formula is C30H35F3N8O. The van der Waals surface area contributed by atoms with Gasteiger partial charge in [-0.2, -0.15) is 23.0 Å². The van der Waals surface area contributed by atoms with Gasteiger partial charge in [-0.1, -0.05) is 19.9 Å². The number of benzene rings is 2. The lowest BCUT2D eigenvalue weighted by Gasteiger charge is -2.15. The van der Waals surface area contributed by atoms with Gasteiger partial charge in [-0.15, -0.1) is 0 Å². The summed E-state index contributed by atoms with van der Waals surface area (Å²) in [6, 6.07) is 12.7. The Bertz CT molecular complexity index is 1550. The van der Waals surface area contributed by atoms with Gasteiger partial charge in [0.25, 0.3) is 5.91 Å². The highest BCUT2D eigenvalue weighted by molar-refractivity contribution is 6.04. The highest BCUT2D eigenvalue weighted by Crippen LogP contribution is 2.32. The predicted octanol–water partition coefficient (Wildman–Crippen LogP) is 6.27. The molecule has 4 aromatic rings. The van der Waals surface area contributed by atoms with E-state index in [1.807, 2.05) is 39.8 Å². The van der Waals surface area contributed by atoms with Gasteiger partial charge in [0, 0.05) is 42.2 Å². The summed E-state index contributed by atoms with van der Waals surface area (Å²) in [6.45, 7) is 8.44. The van der Waals surface area contributed by atoms with Crippen LogP contribution >= 0.6 is 0 Å². The van der Waals surface area contributed by atoms with E-state index in [1.165, 1.54) is 12.4 Å². The molecule has 2 aromatic carbocycles. The number of halogens is 3. The molecule has 1 amide bonds. The number of carbonyl (C=O) groups is 1. The fraction of sp³-hybridized carbons (Fsp3) is 0.333. The quantitative estimate of drug-likeness (QED) is 0.155.